The lowest BCUT2D eigenvalue weighted by atomic mass is 10.1. The predicted octanol–water partition coefficient (Wildman–Crippen LogP) is 3.72. The van der Waals surface area contributed by atoms with Crippen LogP contribution in [0.2, 0.25) is 5.02 Å². The second-order valence-corrected chi connectivity index (χ2v) is 6.26. The lowest BCUT2D eigenvalue weighted by molar-refractivity contribution is -0.115. The van der Waals surface area contributed by atoms with Gasteiger partial charge in [0.15, 0.2) is 0 Å². The van der Waals surface area contributed by atoms with E-state index in [1.165, 1.54) is 18.5 Å². The summed E-state index contributed by atoms with van der Waals surface area (Å²) in [5.74, 6) is 0.281. The Kier molecular flexibility index (Phi) is 6.23. The number of amides is 1. The molecule has 146 valence electrons. The minimum absolute atomic E-state index is 0.00186. The Morgan fingerprint density at radius 2 is 2.07 bits per heavy atom. The number of benzene rings is 2. The number of aromatic nitrogens is 2. The second-order valence-electron chi connectivity index (χ2n) is 5.85. The van der Waals surface area contributed by atoms with Gasteiger partial charge in [0.05, 0.1) is 29.4 Å². The van der Waals surface area contributed by atoms with E-state index in [1.807, 2.05) is 6.92 Å². The van der Waals surface area contributed by atoms with Crippen LogP contribution in [0.3, 0.4) is 0 Å². The van der Waals surface area contributed by atoms with Crippen molar-refractivity contribution in [3.05, 3.63) is 47.5 Å². The average molecular weight is 404 g/mol. The Balaban J connectivity index is 2.03. The first kappa shape index (κ1) is 19.8. The van der Waals surface area contributed by atoms with Crippen molar-refractivity contribution in [2.24, 2.45) is 0 Å². The van der Waals surface area contributed by atoms with Crippen LogP contribution in [0.5, 0.6) is 5.75 Å². The zero-order valence-electron chi connectivity index (χ0n) is 15.3. The summed E-state index contributed by atoms with van der Waals surface area (Å²) in [7, 11) is 1.69. The molecule has 1 heterocycles. The highest BCUT2D eigenvalue weighted by Gasteiger charge is 2.13. The Bertz CT molecular complexity index is 1020. The van der Waals surface area contributed by atoms with Gasteiger partial charge in [0.2, 0.25) is 5.91 Å². The zero-order valence-corrected chi connectivity index (χ0v) is 16.1. The van der Waals surface area contributed by atoms with Crippen LogP contribution >= 0.6 is 11.6 Å². The van der Waals surface area contributed by atoms with Crippen molar-refractivity contribution in [1.82, 2.24) is 15.3 Å². The predicted molar refractivity (Wildman–Crippen MR) is 108 cm³/mol. The summed E-state index contributed by atoms with van der Waals surface area (Å²) in [5.41, 5.74) is 1.70. The molecule has 7 nitrogen and oxygen atoms in total. The molecule has 1 amide bonds. The van der Waals surface area contributed by atoms with Crippen molar-refractivity contribution in [2.45, 2.75) is 6.92 Å². The van der Waals surface area contributed by atoms with E-state index in [1.54, 1.807) is 25.2 Å². The van der Waals surface area contributed by atoms with Crippen molar-refractivity contribution in [3.8, 4) is 5.75 Å². The van der Waals surface area contributed by atoms with Crippen LogP contribution in [-0.4, -0.2) is 36.1 Å². The monoisotopic (exact) mass is 403 g/mol. The Morgan fingerprint density at radius 1 is 1.25 bits per heavy atom. The van der Waals surface area contributed by atoms with E-state index >= 15 is 0 Å². The number of carbonyl (C=O) groups excluding carboxylic acids is 1. The van der Waals surface area contributed by atoms with Crippen molar-refractivity contribution >= 4 is 45.6 Å². The molecule has 0 bridgehead atoms. The summed E-state index contributed by atoms with van der Waals surface area (Å²) in [4.78, 5) is 20.6. The molecule has 2 aromatic carbocycles. The van der Waals surface area contributed by atoms with Gasteiger partial charge in [-0.05, 0) is 38.2 Å². The van der Waals surface area contributed by atoms with Crippen LogP contribution < -0.4 is 20.7 Å². The molecule has 3 rings (SSSR count). The molecular formula is C19H19ClFN5O2. The Morgan fingerprint density at radius 3 is 2.79 bits per heavy atom. The summed E-state index contributed by atoms with van der Waals surface area (Å²) in [6, 6.07) is 7.76. The summed E-state index contributed by atoms with van der Waals surface area (Å²) >= 11 is 5.85. The number of carbonyl (C=O) groups is 1. The van der Waals surface area contributed by atoms with Gasteiger partial charge in [-0.15, -0.1) is 0 Å². The number of hydrogen-bond acceptors (Lipinski definition) is 6. The number of hydrogen-bond donors (Lipinski definition) is 3. The molecule has 1 aromatic heterocycles. The number of rotatable bonds is 7. The molecule has 0 aliphatic carbocycles. The maximum atomic E-state index is 13.4. The van der Waals surface area contributed by atoms with E-state index in [0.29, 0.717) is 40.5 Å². The molecule has 3 aromatic rings. The fourth-order valence-electron chi connectivity index (χ4n) is 2.62. The first-order valence-corrected chi connectivity index (χ1v) is 8.97. The van der Waals surface area contributed by atoms with Crippen molar-refractivity contribution in [2.75, 3.05) is 30.8 Å². The third-order valence-corrected chi connectivity index (χ3v) is 4.12. The minimum atomic E-state index is -0.504. The van der Waals surface area contributed by atoms with E-state index in [0.717, 1.165) is 0 Å². The molecule has 0 radical (unpaired) electrons. The van der Waals surface area contributed by atoms with Crippen LogP contribution in [0.25, 0.3) is 10.9 Å². The molecule has 0 aliphatic heterocycles. The van der Waals surface area contributed by atoms with Crippen LogP contribution in [0.1, 0.15) is 6.92 Å². The molecule has 28 heavy (non-hydrogen) atoms. The van der Waals surface area contributed by atoms with Crippen molar-refractivity contribution < 1.29 is 13.9 Å². The molecule has 0 aliphatic rings. The maximum absolute atomic E-state index is 13.4. The molecule has 0 saturated heterocycles. The van der Waals surface area contributed by atoms with Gasteiger partial charge in [0, 0.05) is 17.1 Å². The van der Waals surface area contributed by atoms with Crippen molar-refractivity contribution in [3.63, 3.8) is 0 Å². The number of nitrogens with one attached hydrogen (secondary N) is 3. The van der Waals surface area contributed by atoms with Crippen LogP contribution in [-0.2, 0) is 4.79 Å². The fourth-order valence-corrected chi connectivity index (χ4v) is 2.80. The van der Waals surface area contributed by atoms with Gasteiger partial charge < -0.3 is 20.7 Å². The lowest BCUT2D eigenvalue weighted by Gasteiger charge is -2.15. The highest BCUT2D eigenvalue weighted by atomic mass is 35.5. The van der Waals surface area contributed by atoms with E-state index in [2.05, 4.69) is 25.9 Å². The first-order chi connectivity index (χ1) is 13.5. The number of halogens is 2. The molecule has 0 spiro atoms. The molecule has 0 saturated carbocycles. The third-order valence-electron chi connectivity index (χ3n) is 3.83. The largest absolute Gasteiger partial charge is 0.492 e. The van der Waals surface area contributed by atoms with E-state index in [9.17, 15) is 9.18 Å². The Labute approximate surface area is 166 Å². The molecule has 0 unspecified atom stereocenters. The lowest BCUT2D eigenvalue weighted by Crippen LogP contribution is -2.25. The molecule has 0 fully saturated rings. The number of fused-ring (bicyclic) bond motifs is 1. The summed E-state index contributed by atoms with van der Waals surface area (Å²) < 4.78 is 19.0. The normalized spacial score (nSPS) is 10.7. The summed E-state index contributed by atoms with van der Waals surface area (Å²) in [6.45, 7) is 2.45. The van der Waals surface area contributed by atoms with Crippen LogP contribution in [0, 0.1) is 5.82 Å². The SMILES string of the molecule is CCOc1cc2ncnc(Nc3ccc(F)c(Cl)c3)c2cc1NC(=O)CNC. The van der Waals surface area contributed by atoms with E-state index in [4.69, 9.17) is 16.3 Å². The topological polar surface area (TPSA) is 88.2 Å². The minimum Gasteiger partial charge on any atom is -0.492 e. The van der Waals surface area contributed by atoms with Gasteiger partial charge in [-0.3, -0.25) is 4.79 Å². The average Bonchev–Trinajstić information content (AvgIpc) is 2.66. The molecular weight excluding hydrogens is 385 g/mol. The number of nitrogens with zero attached hydrogens (tertiary/aromatic N) is 2. The number of likely N-dealkylation sites (N-methyl/N-ethyl adjacent to an activating group) is 1. The van der Waals surface area contributed by atoms with Crippen LogP contribution in [0.15, 0.2) is 36.7 Å². The van der Waals surface area contributed by atoms with Gasteiger partial charge in [-0.2, -0.15) is 0 Å². The van der Waals surface area contributed by atoms with Gasteiger partial charge in [-0.25, -0.2) is 14.4 Å². The first-order valence-electron chi connectivity index (χ1n) is 8.60. The van der Waals surface area contributed by atoms with E-state index in [-0.39, 0.29) is 17.5 Å². The van der Waals surface area contributed by atoms with Gasteiger partial charge in [-0.1, -0.05) is 11.6 Å². The molecule has 9 heteroatoms. The Hall–Kier alpha value is -2.97. The number of anilines is 3. The zero-order chi connectivity index (χ0) is 20.1. The summed E-state index contributed by atoms with van der Waals surface area (Å²) in [5, 5.41) is 9.38. The highest BCUT2D eigenvalue weighted by molar-refractivity contribution is 6.31. The van der Waals surface area contributed by atoms with Crippen LogP contribution in [0.4, 0.5) is 21.6 Å². The maximum Gasteiger partial charge on any atom is 0.238 e. The van der Waals surface area contributed by atoms with Gasteiger partial charge in [0.25, 0.3) is 0 Å². The standard InChI is InChI=1S/C19H19ClFN5O2/c1-3-28-17-8-15-12(7-16(17)26-18(27)9-22-2)19(24-10-23-15)25-11-4-5-14(21)13(20)6-11/h4-8,10,22H,3,9H2,1-2H3,(H,26,27)(H,23,24,25). The van der Waals surface area contributed by atoms with Gasteiger partial charge in [0.1, 0.15) is 23.7 Å². The number of ether oxygens (including phenoxy) is 1. The highest BCUT2D eigenvalue weighted by Crippen LogP contribution is 2.33. The smallest absolute Gasteiger partial charge is 0.238 e. The third kappa shape index (κ3) is 4.47. The van der Waals surface area contributed by atoms with Crippen molar-refractivity contribution in [1.29, 1.82) is 0 Å². The molecule has 0 atom stereocenters. The quantitative estimate of drug-likeness (QED) is 0.557. The summed E-state index contributed by atoms with van der Waals surface area (Å²) in [6.07, 6.45) is 1.41. The fraction of sp³-hybridized carbons (Fsp3) is 0.211. The van der Waals surface area contributed by atoms with Gasteiger partial charge >= 0.3 is 0 Å². The molecule has 3 N–H and O–H groups in total. The van der Waals surface area contributed by atoms with E-state index < -0.39 is 5.82 Å². The second kappa shape index (κ2) is 8.81.